The lowest BCUT2D eigenvalue weighted by Crippen LogP contribution is -2.52. The van der Waals surface area contributed by atoms with Crippen molar-refractivity contribution in [3.8, 4) is 6.07 Å². The summed E-state index contributed by atoms with van der Waals surface area (Å²) in [5, 5.41) is 19.6. The summed E-state index contributed by atoms with van der Waals surface area (Å²) in [6, 6.07) is 2.38. The average Bonchev–Trinajstić information content (AvgIpc) is 2.04. The molecule has 0 aromatic rings. The first-order chi connectivity index (χ1) is 6.22. The van der Waals surface area contributed by atoms with Crippen molar-refractivity contribution in [3.63, 3.8) is 0 Å². The lowest BCUT2D eigenvalue weighted by atomic mass is 9.56. The second-order valence-electron chi connectivity index (χ2n) is 4.64. The predicted molar refractivity (Wildman–Crippen MR) is 49.9 cm³/mol. The Morgan fingerprint density at radius 2 is 1.54 bits per heavy atom. The standard InChI is InChI=1S/C11H17NO/c12-9-10(5-4-6-10)11(13)7-2-1-3-8-11/h13H,1-8H2. The van der Waals surface area contributed by atoms with E-state index < -0.39 is 5.60 Å². The molecule has 2 saturated carbocycles. The first kappa shape index (κ1) is 9.02. The highest BCUT2D eigenvalue weighted by Crippen LogP contribution is 2.53. The molecule has 1 N–H and O–H groups in total. The van der Waals surface area contributed by atoms with Crippen LogP contribution in [-0.4, -0.2) is 10.7 Å². The van der Waals surface area contributed by atoms with Crippen LogP contribution in [0.5, 0.6) is 0 Å². The topological polar surface area (TPSA) is 44.0 Å². The summed E-state index contributed by atoms with van der Waals surface area (Å²) >= 11 is 0. The van der Waals surface area contributed by atoms with Crippen LogP contribution in [0.3, 0.4) is 0 Å². The Labute approximate surface area is 79.6 Å². The van der Waals surface area contributed by atoms with Crippen LogP contribution in [0.1, 0.15) is 51.4 Å². The zero-order chi connectivity index (χ0) is 9.36. The van der Waals surface area contributed by atoms with Gasteiger partial charge in [0.15, 0.2) is 0 Å². The number of hydrogen-bond donors (Lipinski definition) is 1. The molecule has 0 saturated heterocycles. The van der Waals surface area contributed by atoms with Crippen LogP contribution in [0.2, 0.25) is 0 Å². The van der Waals surface area contributed by atoms with Crippen molar-refractivity contribution < 1.29 is 5.11 Å². The molecule has 0 aromatic carbocycles. The van der Waals surface area contributed by atoms with E-state index in [0.29, 0.717) is 0 Å². The van der Waals surface area contributed by atoms with Crippen LogP contribution in [0.4, 0.5) is 0 Å². The lowest BCUT2D eigenvalue weighted by Gasteiger charge is -2.50. The molecule has 0 heterocycles. The summed E-state index contributed by atoms with van der Waals surface area (Å²) in [5.41, 5.74) is -1.01. The number of nitrogens with zero attached hydrogens (tertiary/aromatic N) is 1. The van der Waals surface area contributed by atoms with Crippen LogP contribution in [0, 0.1) is 16.7 Å². The van der Waals surface area contributed by atoms with Gasteiger partial charge in [-0.05, 0) is 25.7 Å². The van der Waals surface area contributed by atoms with E-state index in [1.807, 2.05) is 0 Å². The zero-order valence-electron chi connectivity index (χ0n) is 8.05. The summed E-state index contributed by atoms with van der Waals surface area (Å²) in [7, 11) is 0. The maximum atomic E-state index is 10.4. The van der Waals surface area contributed by atoms with E-state index in [2.05, 4.69) is 6.07 Å². The normalized spacial score (nSPS) is 30.2. The van der Waals surface area contributed by atoms with E-state index in [4.69, 9.17) is 5.26 Å². The van der Waals surface area contributed by atoms with Crippen molar-refractivity contribution >= 4 is 0 Å². The van der Waals surface area contributed by atoms with Gasteiger partial charge in [-0.15, -0.1) is 0 Å². The molecule has 0 unspecified atom stereocenters. The van der Waals surface area contributed by atoms with Gasteiger partial charge in [-0.25, -0.2) is 0 Å². The van der Waals surface area contributed by atoms with Crippen LogP contribution >= 0.6 is 0 Å². The molecule has 2 aliphatic carbocycles. The van der Waals surface area contributed by atoms with E-state index in [-0.39, 0.29) is 5.41 Å². The summed E-state index contributed by atoms with van der Waals surface area (Å²) in [6.45, 7) is 0. The van der Waals surface area contributed by atoms with Gasteiger partial charge in [-0.1, -0.05) is 25.7 Å². The van der Waals surface area contributed by atoms with Gasteiger partial charge in [-0.2, -0.15) is 5.26 Å². The number of nitriles is 1. The van der Waals surface area contributed by atoms with Crippen molar-refractivity contribution in [2.24, 2.45) is 5.41 Å². The lowest BCUT2D eigenvalue weighted by molar-refractivity contribution is -0.116. The fourth-order valence-corrected chi connectivity index (χ4v) is 2.83. The summed E-state index contributed by atoms with van der Waals surface area (Å²) < 4.78 is 0. The highest BCUT2D eigenvalue weighted by molar-refractivity contribution is 5.16. The molecule has 0 aliphatic heterocycles. The Morgan fingerprint density at radius 1 is 0.923 bits per heavy atom. The quantitative estimate of drug-likeness (QED) is 0.671. The SMILES string of the molecule is N#CC1(C2(O)CCCCC2)CCC1. The Bertz CT molecular complexity index is 231. The number of rotatable bonds is 1. The molecule has 0 atom stereocenters. The second kappa shape index (κ2) is 2.99. The predicted octanol–water partition coefficient (Wildman–Crippen LogP) is 2.38. The molecule has 2 fully saturated rings. The van der Waals surface area contributed by atoms with E-state index in [1.165, 1.54) is 6.42 Å². The van der Waals surface area contributed by atoms with Gasteiger partial charge in [0, 0.05) is 0 Å². The van der Waals surface area contributed by atoms with Crippen LogP contribution in [0.25, 0.3) is 0 Å². The van der Waals surface area contributed by atoms with Crippen molar-refractivity contribution in [2.75, 3.05) is 0 Å². The summed E-state index contributed by atoms with van der Waals surface area (Å²) in [4.78, 5) is 0. The van der Waals surface area contributed by atoms with Crippen molar-refractivity contribution in [1.29, 1.82) is 5.26 Å². The Balaban J connectivity index is 2.16. The molecular weight excluding hydrogens is 162 g/mol. The number of hydrogen-bond acceptors (Lipinski definition) is 2. The third-order valence-corrected chi connectivity index (χ3v) is 3.99. The van der Waals surface area contributed by atoms with Gasteiger partial charge < -0.3 is 5.11 Å². The van der Waals surface area contributed by atoms with Crippen molar-refractivity contribution in [1.82, 2.24) is 0 Å². The molecule has 2 heteroatoms. The average molecular weight is 179 g/mol. The molecule has 2 nitrogen and oxygen atoms in total. The largest absolute Gasteiger partial charge is 0.388 e. The zero-order valence-corrected chi connectivity index (χ0v) is 8.05. The van der Waals surface area contributed by atoms with E-state index >= 15 is 0 Å². The minimum Gasteiger partial charge on any atom is -0.388 e. The molecule has 0 bridgehead atoms. The first-order valence-electron chi connectivity index (χ1n) is 5.36. The van der Waals surface area contributed by atoms with Crippen LogP contribution in [0.15, 0.2) is 0 Å². The fraction of sp³-hybridized carbons (Fsp3) is 0.909. The van der Waals surface area contributed by atoms with Crippen molar-refractivity contribution in [3.05, 3.63) is 0 Å². The van der Waals surface area contributed by atoms with Gasteiger partial charge in [-0.3, -0.25) is 0 Å². The van der Waals surface area contributed by atoms with Crippen LogP contribution < -0.4 is 0 Å². The highest BCUT2D eigenvalue weighted by Gasteiger charge is 2.54. The second-order valence-corrected chi connectivity index (χ2v) is 4.64. The Kier molecular flexibility index (Phi) is 2.08. The molecule has 2 rings (SSSR count). The van der Waals surface area contributed by atoms with Gasteiger partial charge in [0.1, 0.15) is 0 Å². The molecule has 0 amide bonds. The molecule has 0 aromatic heterocycles. The first-order valence-corrected chi connectivity index (χ1v) is 5.36. The van der Waals surface area contributed by atoms with E-state index in [9.17, 15) is 5.11 Å². The van der Waals surface area contributed by atoms with Gasteiger partial charge >= 0.3 is 0 Å². The maximum absolute atomic E-state index is 10.4. The van der Waals surface area contributed by atoms with Gasteiger partial charge in [0.05, 0.1) is 17.1 Å². The summed E-state index contributed by atoms with van der Waals surface area (Å²) in [5.74, 6) is 0. The smallest absolute Gasteiger partial charge is 0.0860 e. The number of aliphatic hydroxyl groups is 1. The summed E-state index contributed by atoms with van der Waals surface area (Å²) in [6.07, 6.45) is 8.07. The Morgan fingerprint density at radius 3 is 1.92 bits per heavy atom. The third kappa shape index (κ3) is 1.18. The minimum absolute atomic E-state index is 0.368. The highest BCUT2D eigenvalue weighted by atomic mass is 16.3. The van der Waals surface area contributed by atoms with Gasteiger partial charge in [0.25, 0.3) is 0 Å². The van der Waals surface area contributed by atoms with Crippen molar-refractivity contribution in [2.45, 2.75) is 57.0 Å². The molecule has 0 radical (unpaired) electrons. The van der Waals surface area contributed by atoms with Crippen LogP contribution in [-0.2, 0) is 0 Å². The van der Waals surface area contributed by atoms with Gasteiger partial charge in [0.2, 0.25) is 0 Å². The van der Waals surface area contributed by atoms with E-state index in [0.717, 1.165) is 44.9 Å². The molecule has 2 aliphatic rings. The molecule has 13 heavy (non-hydrogen) atoms. The monoisotopic (exact) mass is 179 g/mol. The fourth-order valence-electron chi connectivity index (χ4n) is 2.83. The maximum Gasteiger partial charge on any atom is 0.0860 e. The third-order valence-electron chi connectivity index (χ3n) is 3.99. The molecular formula is C11H17NO. The Hall–Kier alpha value is -0.550. The van der Waals surface area contributed by atoms with E-state index in [1.54, 1.807) is 0 Å². The molecule has 0 spiro atoms. The minimum atomic E-state index is -0.641. The molecule has 72 valence electrons.